The smallest absolute Gasteiger partial charge is 0.224 e. The van der Waals surface area contributed by atoms with Crippen molar-refractivity contribution in [1.29, 1.82) is 0 Å². The highest BCUT2D eigenvalue weighted by Gasteiger charge is 2.27. The Bertz CT molecular complexity index is 408. The first-order chi connectivity index (χ1) is 8.61. The van der Waals surface area contributed by atoms with Crippen molar-refractivity contribution >= 4 is 11.8 Å². The lowest BCUT2D eigenvalue weighted by molar-refractivity contribution is 0.422. The summed E-state index contributed by atoms with van der Waals surface area (Å²) in [6.07, 6.45) is 2.36. The van der Waals surface area contributed by atoms with Gasteiger partial charge in [0, 0.05) is 19.6 Å². The summed E-state index contributed by atoms with van der Waals surface area (Å²) in [5, 5.41) is 3.02. The molecular formula is C13H21FN4. The fourth-order valence-corrected chi connectivity index (χ4v) is 2.35. The SMILES string of the molecule is CCNc1ncc(F)c(N2CCC(C(C)C)C2)n1. The zero-order valence-corrected chi connectivity index (χ0v) is 11.3. The van der Waals surface area contributed by atoms with Gasteiger partial charge < -0.3 is 10.2 Å². The van der Waals surface area contributed by atoms with Crippen LogP contribution in [0, 0.1) is 17.7 Å². The first-order valence-electron chi connectivity index (χ1n) is 6.63. The number of rotatable bonds is 4. The van der Waals surface area contributed by atoms with Crippen molar-refractivity contribution in [2.24, 2.45) is 11.8 Å². The van der Waals surface area contributed by atoms with Crippen LogP contribution in [0.2, 0.25) is 0 Å². The average Bonchev–Trinajstić information content (AvgIpc) is 2.81. The molecule has 0 saturated carbocycles. The van der Waals surface area contributed by atoms with Gasteiger partial charge in [0.05, 0.1) is 6.20 Å². The third kappa shape index (κ3) is 2.71. The fraction of sp³-hybridized carbons (Fsp3) is 0.692. The van der Waals surface area contributed by atoms with E-state index in [-0.39, 0.29) is 5.82 Å². The van der Waals surface area contributed by atoms with Crippen molar-refractivity contribution in [2.45, 2.75) is 27.2 Å². The molecule has 2 heterocycles. The molecule has 1 N–H and O–H groups in total. The maximum absolute atomic E-state index is 13.8. The van der Waals surface area contributed by atoms with E-state index in [1.54, 1.807) is 0 Å². The third-order valence-corrected chi connectivity index (χ3v) is 3.53. The van der Waals surface area contributed by atoms with E-state index in [9.17, 15) is 4.39 Å². The topological polar surface area (TPSA) is 41.1 Å². The Hall–Kier alpha value is -1.39. The molecule has 4 nitrogen and oxygen atoms in total. The van der Waals surface area contributed by atoms with Crippen LogP contribution in [0.4, 0.5) is 16.2 Å². The molecule has 1 unspecified atom stereocenters. The molecule has 0 aromatic carbocycles. The Labute approximate surface area is 108 Å². The molecule has 0 aliphatic carbocycles. The zero-order chi connectivity index (χ0) is 13.1. The minimum atomic E-state index is -0.332. The second kappa shape index (κ2) is 5.50. The molecule has 2 rings (SSSR count). The van der Waals surface area contributed by atoms with E-state index in [0.717, 1.165) is 26.1 Å². The maximum atomic E-state index is 13.8. The van der Waals surface area contributed by atoms with Crippen LogP contribution in [0.15, 0.2) is 6.20 Å². The van der Waals surface area contributed by atoms with Gasteiger partial charge in [0.1, 0.15) is 0 Å². The Morgan fingerprint density at radius 3 is 2.94 bits per heavy atom. The predicted octanol–water partition coefficient (Wildman–Crippen LogP) is 2.53. The highest BCUT2D eigenvalue weighted by Crippen LogP contribution is 2.28. The van der Waals surface area contributed by atoms with Crippen molar-refractivity contribution in [3.05, 3.63) is 12.0 Å². The van der Waals surface area contributed by atoms with Gasteiger partial charge in [0.25, 0.3) is 0 Å². The molecule has 0 bridgehead atoms. The van der Waals surface area contributed by atoms with Gasteiger partial charge in [-0.1, -0.05) is 13.8 Å². The van der Waals surface area contributed by atoms with E-state index in [1.165, 1.54) is 6.20 Å². The van der Waals surface area contributed by atoms with Crippen molar-refractivity contribution < 1.29 is 4.39 Å². The van der Waals surface area contributed by atoms with Gasteiger partial charge in [0.15, 0.2) is 11.6 Å². The summed E-state index contributed by atoms with van der Waals surface area (Å²) in [5.41, 5.74) is 0. The summed E-state index contributed by atoms with van der Waals surface area (Å²) < 4.78 is 13.8. The lowest BCUT2D eigenvalue weighted by Crippen LogP contribution is -2.24. The minimum Gasteiger partial charge on any atom is -0.354 e. The Balaban J connectivity index is 2.15. The van der Waals surface area contributed by atoms with E-state index in [0.29, 0.717) is 23.6 Å². The highest BCUT2D eigenvalue weighted by molar-refractivity contribution is 5.44. The summed E-state index contributed by atoms with van der Waals surface area (Å²) in [6.45, 7) is 8.90. The van der Waals surface area contributed by atoms with E-state index >= 15 is 0 Å². The normalized spacial score (nSPS) is 19.6. The number of hydrogen-bond acceptors (Lipinski definition) is 4. The number of halogens is 1. The molecule has 0 amide bonds. The molecule has 18 heavy (non-hydrogen) atoms. The van der Waals surface area contributed by atoms with Crippen molar-refractivity contribution in [3.63, 3.8) is 0 Å². The van der Waals surface area contributed by atoms with E-state index in [4.69, 9.17) is 0 Å². The van der Waals surface area contributed by atoms with Gasteiger partial charge in [-0.2, -0.15) is 4.98 Å². The van der Waals surface area contributed by atoms with Crippen molar-refractivity contribution in [1.82, 2.24) is 9.97 Å². The number of anilines is 2. The average molecular weight is 252 g/mol. The van der Waals surface area contributed by atoms with Crippen LogP contribution in [-0.4, -0.2) is 29.6 Å². The predicted molar refractivity (Wildman–Crippen MR) is 71.3 cm³/mol. The molecule has 100 valence electrons. The highest BCUT2D eigenvalue weighted by atomic mass is 19.1. The molecular weight excluding hydrogens is 231 g/mol. The van der Waals surface area contributed by atoms with Gasteiger partial charge in [-0.15, -0.1) is 0 Å². The molecule has 1 fully saturated rings. The lowest BCUT2D eigenvalue weighted by Gasteiger charge is -2.19. The van der Waals surface area contributed by atoms with Gasteiger partial charge in [-0.25, -0.2) is 9.37 Å². The van der Waals surface area contributed by atoms with Crippen LogP contribution >= 0.6 is 0 Å². The molecule has 1 atom stereocenters. The first kappa shape index (κ1) is 13.1. The van der Waals surface area contributed by atoms with Crippen LogP contribution in [0.3, 0.4) is 0 Å². The largest absolute Gasteiger partial charge is 0.354 e. The van der Waals surface area contributed by atoms with Gasteiger partial charge >= 0.3 is 0 Å². The molecule has 1 aliphatic heterocycles. The molecule has 1 aromatic rings. The molecule has 1 aromatic heterocycles. The quantitative estimate of drug-likeness (QED) is 0.894. The summed E-state index contributed by atoms with van der Waals surface area (Å²) >= 11 is 0. The number of nitrogens with zero attached hydrogens (tertiary/aromatic N) is 3. The molecule has 0 spiro atoms. The van der Waals surface area contributed by atoms with E-state index in [2.05, 4.69) is 29.1 Å². The summed E-state index contributed by atoms with van der Waals surface area (Å²) in [5.74, 6) is 1.86. The molecule has 0 radical (unpaired) electrons. The lowest BCUT2D eigenvalue weighted by atomic mass is 9.95. The summed E-state index contributed by atoms with van der Waals surface area (Å²) in [6, 6.07) is 0. The Morgan fingerprint density at radius 1 is 1.56 bits per heavy atom. The van der Waals surface area contributed by atoms with E-state index < -0.39 is 0 Å². The van der Waals surface area contributed by atoms with Gasteiger partial charge in [-0.3, -0.25) is 0 Å². The third-order valence-electron chi connectivity index (χ3n) is 3.53. The van der Waals surface area contributed by atoms with Crippen LogP contribution in [0.1, 0.15) is 27.2 Å². The molecule has 1 saturated heterocycles. The number of aromatic nitrogens is 2. The van der Waals surface area contributed by atoms with Crippen LogP contribution in [0.25, 0.3) is 0 Å². The Morgan fingerprint density at radius 2 is 2.33 bits per heavy atom. The summed E-state index contributed by atoms with van der Waals surface area (Å²) in [4.78, 5) is 10.2. The van der Waals surface area contributed by atoms with Gasteiger partial charge in [0.2, 0.25) is 5.95 Å². The second-order valence-electron chi connectivity index (χ2n) is 5.13. The van der Waals surface area contributed by atoms with Crippen LogP contribution < -0.4 is 10.2 Å². The number of hydrogen-bond donors (Lipinski definition) is 1. The van der Waals surface area contributed by atoms with Crippen LogP contribution in [-0.2, 0) is 0 Å². The fourth-order valence-electron chi connectivity index (χ4n) is 2.35. The van der Waals surface area contributed by atoms with Crippen LogP contribution in [0.5, 0.6) is 0 Å². The van der Waals surface area contributed by atoms with Crippen molar-refractivity contribution in [2.75, 3.05) is 29.9 Å². The zero-order valence-electron chi connectivity index (χ0n) is 11.3. The second-order valence-corrected chi connectivity index (χ2v) is 5.13. The van der Waals surface area contributed by atoms with Gasteiger partial charge in [-0.05, 0) is 25.2 Å². The number of nitrogens with one attached hydrogen (secondary N) is 1. The molecule has 5 heteroatoms. The standard InChI is InChI=1S/C13H21FN4/c1-4-15-13-16-7-11(14)12(17-13)18-6-5-10(8-18)9(2)3/h7,9-10H,4-6,8H2,1-3H3,(H,15,16,17). The van der Waals surface area contributed by atoms with E-state index in [1.807, 2.05) is 11.8 Å². The minimum absolute atomic E-state index is 0.332. The monoisotopic (exact) mass is 252 g/mol. The Kier molecular flexibility index (Phi) is 3.99. The maximum Gasteiger partial charge on any atom is 0.224 e. The first-order valence-corrected chi connectivity index (χ1v) is 6.63. The summed E-state index contributed by atoms with van der Waals surface area (Å²) in [7, 11) is 0. The van der Waals surface area contributed by atoms with Crippen molar-refractivity contribution in [3.8, 4) is 0 Å². The molecule has 1 aliphatic rings.